The van der Waals surface area contributed by atoms with Gasteiger partial charge < -0.3 is 10.6 Å². The van der Waals surface area contributed by atoms with Crippen molar-refractivity contribution in [2.45, 2.75) is 31.8 Å². The van der Waals surface area contributed by atoms with Gasteiger partial charge in [0.1, 0.15) is 0 Å². The van der Waals surface area contributed by atoms with Gasteiger partial charge in [0.15, 0.2) is 0 Å². The number of benzene rings is 1. The summed E-state index contributed by atoms with van der Waals surface area (Å²) in [5.74, 6) is 0.0568. The topological polar surface area (TPSA) is 46.3 Å². The van der Waals surface area contributed by atoms with Crippen LogP contribution in [0.4, 0.5) is 0 Å². The minimum absolute atomic E-state index is 0.0568. The van der Waals surface area contributed by atoms with Crippen molar-refractivity contribution >= 4 is 40.1 Å². The number of carbonyl (C=O) groups is 1. The van der Waals surface area contributed by atoms with Crippen molar-refractivity contribution in [1.82, 2.24) is 4.90 Å². The van der Waals surface area contributed by atoms with Gasteiger partial charge in [-0.05, 0) is 60.6 Å². The van der Waals surface area contributed by atoms with Crippen LogP contribution in [0.5, 0.6) is 0 Å². The van der Waals surface area contributed by atoms with Crippen LogP contribution in [0.2, 0.25) is 5.02 Å². The lowest BCUT2D eigenvalue weighted by molar-refractivity contribution is 0.0618. The zero-order chi connectivity index (χ0) is 13.3. The molecule has 0 spiro atoms. The third-order valence-electron chi connectivity index (χ3n) is 3.34. The second-order valence-electron chi connectivity index (χ2n) is 4.76. The van der Waals surface area contributed by atoms with Gasteiger partial charge >= 0.3 is 0 Å². The number of likely N-dealkylation sites (tertiary alicyclic amines) is 1. The Hall–Kier alpha value is -0.330. The minimum atomic E-state index is 0.0568. The molecule has 5 heteroatoms. The molecule has 0 aliphatic carbocycles. The van der Waals surface area contributed by atoms with Crippen molar-refractivity contribution in [3.8, 4) is 0 Å². The Bertz CT molecular complexity index is 466. The van der Waals surface area contributed by atoms with Crippen LogP contribution in [-0.2, 0) is 0 Å². The zero-order valence-corrected chi connectivity index (χ0v) is 13.1. The fourth-order valence-electron chi connectivity index (χ4n) is 2.33. The molecule has 0 aromatic heterocycles. The molecule has 0 radical (unpaired) electrons. The van der Waals surface area contributed by atoms with Crippen LogP contribution in [0.1, 0.15) is 30.1 Å². The monoisotopic (exact) mass is 378 g/mol. The summed E-state index contributed by atoms with van der Waals surface area (Å²) in [7, 11) is 0. The van der Waals surface area contributed by atoms with E-state index in [9.17, 15) is 4.79 Å². The van der Waals surface area contributed by atoms with Gasteiger partial charge in [-0.1, -0.05) is 11.6 Å². The molecular weight excluding hydrogens is 363 g/mol. The Morgan fingerprint density at radius 2 is 2.28 bits per heavy atom. The van der Waals surface area contributed by atoms with Crippen molar-refractivity contribution in [3.05, 3.63) is 32.4 Å². The molecule has 0 saturated carbocycles. The third kappa shape index (κ3) is 2.97. The van der Waals surface area contributed by atoms with Crippen molar-refractivity contribution < 1.29 is 4.79 Å². The molecule has 18 heavy (non-hydrogen) atoms. The van der Waals surface area contributed by atoms with Gasteiger partial charge in [0.25, 0.3) is 5.91 Å². The molecule has 1 aliphatic heterocycles. The fraction of sp³-hybridized carbons (Fsp3) is 0.462. The normalized spacial score (nSPS) is 24.1. The summed E-state index contributed by atoms with van der Waals surface area (Å²) in [6.07, 6.45) is 1.73. The van der Waals surface area contributed by atoms with E-state index in [0.29, 0.717) is 10.6 Å². The number of rotatable bonds is 1. The molecule has 2 rings (SSSR count). The van der Waals surface area contributed by atoms with Gasteiger partial charge in [0.05, 0.1) is 5.56 Å². The Morgan fingerprint density at radius 1 is 1.56 bits per heavy atom. The average molecular weight is 379 g/mol. The highest BCUT2D eigenvalue weighted by Crippen LogP contribution is 2.23. The number of nitrogens with zero attached hydrogens (tertiary/aromatic N) is 1. The predicted octanol–water partition coefficient (Wildman–Crippen LogP) is 2.90. The van der Waals surface area contributed by atoms with Gasteiger partial charge in [-0.3, -0.25) is 4.79 Å². The largest absolute Gasteiger partial charge is 0.336 e. The molecule has 3 nitrogen and oxygen atoms in total. The maximum Gasteiger partial charge on any atom is 0.255 e. The van der Waals surface area contributed by atoms with Crippen LogP contribution < -0.4 is 5.73 Å². The summed E-state index contributed by atoms with van der Waals surface area (Å²) in [6.45, 7) is 2.78. The summed E-state index contributed by atoms with van der Waals surface area (Å²) in [5, 5.41) is 0.597. The lowest BCUT2D eigenvalue weighted by Crippen LogP contribution is -2.48. The summed E-state index contributed by atoms with van der Waals surface area (Å²) in [4.78, 5) is 14.4. The van der Waals surface area contributed by atoms with Crippen LogP contribution >= 0.6 is 34.2 Å². The number of hydrogen-bond donors (Lipinski definition) is 1. The summed E-state index contributed by atoms with van der Waals surface area (Å²) >= 11 is 8.13. The van der Waals surface area contributed by atoms with E-state index in [1.54, 1.807) is 12.1 Å². The van der Waals surface area contributed by atoms with Crippen molar-refractivity contribution in [1.29, 1.82) is 0 Å². The first-order chi connectivity index (χ1) is 8.49. The minimum Gasteiger partial charge on any atom is -0.336 e. The molecule has 1 fully saturated rings. The van der Waals surface area contributed by atoms with Gasteiger partial charge in [-0.15, -0.1) is 0 Å². The lowest BCUT2D eigenvalue weighted by atomic mass is 9.98. The SMILES string of the molecule is CC1CC(N)CCN1C(=O)c1cc(Cl)ccc1I. The Balaban J connectivity index is 2.23. The van der Waals surface area contributed by atoms with Crippen LogP contribution in [0.3, 0.4) is 0 Å². The predicted molar refractivity (Wildman–Crippen MR) is 81.9 cm³/mol. The molecule has 0 bridgehead atoms. The van der Waals surface area contributed by atoms with E-state index < -0.39 is 0 Å². The number of carbonyl (C=O) groups excluding carboxylic acids is 1. The molecular formula is C13H16ClIN2O. The van der Waals surface area contributed by atoms with Crippen molar-refractivity contribution in [2.75, 3.05) is 6.54 Å². The van der Waals surface area contributed by atoms with E-state index >= 15 is 0 Å². The zero-order valence-electron chi connectivity index (χ0n) is 10.2. The van der Waals surface area contributed by atoms with Gasteiger partial charge in [0, 0.05) is 27.2 Å². The highest BCUT2D eigenvalue weighted by Gasteiger charge is 2.28. The van der Waals surface area contributed by atoms with Crippen LogP contribution in [0.15, 0.2) is 18.2 Å². The quantitative estimate of drug-likeness (QED) is 0.764. The number of nitrogens with two attached hydrogens (primary N) is 1. The van der Waals surface area contributed by atoms with Crippen LogP contribution in [-0.4, -0.2) is 29.4 Å². The molecule has 2 atom stereocenters. The fourth-order valence-corrected chi connectivity index (χ4v) is 3.06. The number of hydrogen-bond acceptors (Lipinski definition) is 2. The number of piperidine rings is 1. The molecule has 1 aromatic carbocycles. The molecule has 98 valence electrons. The summed E-state index contributed by atoms with van der Waals surface area (Å²) in [6, 6.07) is 5.82. The van der Waals surface area contributed by atoms with E-state index in [4.69, 9.17) is 17.3 Å². The third-order valence-corrected chi connectivity index (χ3v) is 4.51. The van der Waals surface area contributed by atoms with Crippen molar-refractivity contribution in [2.24, 2.45) is 5.73 Å². The molecule has 1 amide bonds. The molecule has 2 unspecified atom stereocenters. The van der Waals surface area contributed by atoms with Gasteiger partial charge in [-0.25, -0.2) is 0 Å². The summed E-state index contributed by atoms with van der Waals surface area (Å²) in [5.41, 5.74) is 6.61. The van der Waals surface area contributed by atoms with Gasteiger partial charge in [0.2, 0.25) is 0 Å². The smallest absolute Gasteiger partial charge is 0.255 e. The lowest BCUT2D eigenvalue weighted by Gasteiger charge is -2.36. The number of halogens is 2. The van der Waals surface area contributed by atoms with E-state index in [1.165, 1.54) is 0 Å². The standard InChI is InChI=1S/C13H16ClIN2O/c1-8-6-10(16)4-5-17(8)13(18)11-7-9(14)2-3-12(11)15/h2-3,7-8,10H,4-6,16H2,1H3. The van der Waals surface area contributed by atoms with Crippen LogP contribution in [0, 0.1) is 3.57 Å². The van der Waals surface area contributed by atoms with E-state index in [1.807, 2.05) is 17.9 Å². The van der Waals surface area contributed by atoms with Crippen molar-refractivity contribution in [3.63, 3.8) is 0 Å². The first-order valence-corrected chi connectivity index (χ1v) is 7.46. The maximum atomic E-state index is 12.5. The Labute approximate surface area is 126 Å². The highest BCUT2D eigenvalue weighted by atomic mass is 127. The summed E-state index contributed by atoms with van der Waals surface area (Å²) < 4.78 is 0.934. The first kappa shape index (κ1) is 14.1. The first-order valence-electron chi connectivity index (χ1n) is 6.00. The van der Waals surface area contributed by atoms with Gasteiger partial charge in [-0.2, -0.15) is 0 Å². The average Bonchev–Trinajstić information content (AvgIpc) is 2.31. The maximum absolute atomic E-state index is 12.5. The van der Waals surface area contributed by atoms with E-state index in [0.717, 1.165) is 23.0 Å². The van der Waals surface area contributed by atoms with Crippen LogP contribution in [0.25, 0.3) is 0 Å². The Kier molecular flexibility index (Phi) is 4.50. The Morgan fingerprint density at radius 3 is 2.94 bits per heavy atom. The van der Waals surface area contributed by atoms with E-state index in [2.05, 4.69) is 22.6 Å². The molecule has 1 aliphatic rings. The molecule has 2 N–H and O–H groups in total. The highest BCUT2D eigenvalue weighted by molar-refractivity contribution is 14.1. The molecule has 1 saturated heterocycles. The number of amides is 1. The second-order valence-corrected chi connectivity index (χ2v) is 6.35. The molecule has 1 heterocycles. The molecule has 1 aromatic rings. The van der Waals surface area contributed by atoms with E-state index in [-0.39, 0.29) is 18.0 Å². The second kappa shape index (κ2) is 5.75.